The van der Waals surface area contributed by atoms with Crippen LogP contribution in [0.2, 0.25) is 0 Å². The molecular formula is C18H26ClN3O3. The third kappa shape index (κ3) is 4.93. The number of hydrogen-bond donors (Lipinski definition) is 1. The first-order chi connectivity index (χ1) is 11.6. The van der Waals surface area contributed by atoms with Crippen molar-refractivity contribution in [1.82, 2.24) is 15.1 Å². The van der Waals surface area contributed by atoms with Crippen LogP contribution in [0.15, 0.2) is 24.3 Å². The van der Waals surface area contributed by atoms with Gasteiger partial charge in [-0.1, -0.05) is 17.7 Å². The number of hydrogen-bond acceptors (Lipinski definition) is 4. The number of halogens is 1. The molecule has 0 aliphatic carbocycles. The van der Waals surface area contributed by atoms with Crippen LogP contribution in [0.1, 0.15) is 22.3 Å². The van der Waals surface area contributed by atoms with E-state index >= 15 is 0 Å². The molecule has 1 atom stereocenters. The number of ether oxygens (including phenoxy) is 1. The van der Waals surface area contributed by atoms with Gasteiger partial charge in [0.25, 0.3) is 5.91 Å². The lowest BCUT2D eigenvalue weighted by Crippen LogP contribution is -2.53. The molecule has 0 aromatic heterocycles. The molecule has 7 heteroatoms. The van der Waals surface area contributed by atoms with E-state index in [1.54, 1.807) is 0 Å². The summed E-state index contributed by atoms with van der Waals surface area (Å²) in [5.41, 5.74) is 1.80. The predicted molar refractivity (Wildman–Crippen MR) is 98.1 cm³/mol. The maximum absolute atomic E-state index is 12.7. The van der Waals surface area contributed by atoms with Gasteiger partial charge in [0.05, 0.1) is 13.2 Å². The summed E-state index contributed by atoms with van der Waals surface area (Å²) in [6.45, 7) is 6.31. The van der Waals surface area contributed by atoms with Gasteiger partial charge in [0, 0.05) is 38.3 Å². The molecule has 138 valence electrons. The van der Waals surface area contributed by atoms with E-state index in [1.165, 1.54) is 0 Å². The van der Waals surface area contributed by atoms with Crippen LogP contribution >= 0.6 is 12.4 Å². The number of benzene rings is 1. The molecule has 0 bridgehead atoms. The summed E-state index contributed by atoms with van der Waals surface area (Å²) < 4.78 is 5.38. The number of amides is 2. The van der Waals surface area contributed by atoms with Crippen molar-refractivity contribution in [3.63, 3.8) is 0 Å². The molecule has 2 amide bonds. The summed E-state index contributed by atoms with van der Waals surface area (Å²) in [5.74, 6) is 0.131. The highest BCUT2D eigenvalue weighted by atomic mass is 35.5. The fourth-order valence-electron chi connectivity index (χ4n) is 3.25. The van der Waals surface area contributed by atoms with Crippen LogP contribution in [-0.4, -0.2) is 73.6 Å². The average Bonchev–Trinajstić information content (AvgIpc) is 2.87. The van der Waals surface area contributed by atoms with Crippen LogP contribution in [0.25, 0.3) is 0 Å². The van der Waals surface area contributed by atoms with Crippen molar-refractivity contribution in [1.29, 1.82) is 0 Å². The molecule has 1 unspecified atom stereocenters. The van der Waals surface area contributed by atoms with Crippen LogP contribution < -0.4 is 5.32 Å². The number of nitrogens with one attached hydrogen (secondary N) is 1. The van der Waals surface area contributed by atoms with E-state index in [-0.39, 0.29) is 30.3 Å². The topological polar surface area (TPSA) is 61.9 Å². The van der Waals surface area contributed by atoms with E-state index in [1.807, 2.05) is 41.0 Å². The molecule has 1 N–H and O–H groups in total. The Bertz CT molecular complexity index is 605. The number of morpholine rings is 1. The average molecular weight is 368 g/mol. The summed E-state index contributed by atoms with van der Waals surface area (Å²) in [7, 11) is 0. The van der Waals surface area contributed by atoms with Crippen LogP contribution in [0.3, 0.4) is 0 Å². The monoisotopic (exact) mass is 367 g/mol. The van der Waals surface area contributed by atoms with Crippen molar-refractivity contribution in [2.24, 2.45) is 0 Å². The molecule has 1 aromatic rings. The Morgan fingerprint density at radius 3 is 2.64 bits per heavy atom. The predicted octanol–water partition coefficient (Wildman–Crippen LogP) is 1.08. The van der Waals surface area contributed by atoms with Crippen molar-refractivity contribution in [3.8, 4) is 0 Å². The molecule has 0 radical (unpaired) electrons. The van der Waals surface area contributed by atoms with E-state index in [9.17, 15) is 9.59 Å². The van der Waals surface area contributed by atoms with Crippen molar-refractivity contribution in [3.05, 3.63) is 35.4 Å². The molecule has 2 fully saturated rings. The van der Waals surface area contributed by atoms with Crippen molar-refractivity contribution >= 4 is 24.2 Å². The maximum Gasteiger partial charge on any atom is 0.253 e. The van der Waals surface area contributed by atoms with Crippen LogP contribution in [0, 0.1) is 6.92 Å². The molecule has 25 heavy (non-hydrogen) atoms. The molecule has 0 spiro atoms. The van der Waals surface area contributed by atoms with E-state index < -0.39 is 0 Å². The zero-order valence-electron chi connectivity index (χ0n) is 14.6. The molecule has 0 saturated carbocycles. The maximum atomic E-state index is 12.7. The van der Waals surface area contributed by atoms with Crippen LogP contribution in [0.4, 0.5) is 0 Å². The Morgan fingerprint density at radius 2 is 1.92 bits per heavy atom. The van der Waals surface area contributed by atoms with Gasteiger partial charge in [-0.05, 0) is 25.5 Å². The van der Waals surface area contributed by atoms with Crippen molar-refractivity contribution in [2.75, 3.05) is 45.9 Å². The molecule has 1 aromatic carbocycles. The Labute approximate surface area is 154 Å². The van der Waals surface area contributed by atoms with Crippen LogP contribution in [0.5, 0.6) is 0 Å². The zero-order valence-corrected chi connectivity index (χ0v) is 15.4. The lowest BCUT2D eigenvalue weighted by atomic mass is 10.1. The van der Waals surface area contributed by atoms with Gasteiger partial charge in [0.2, 0.25) is 5.91 Å². The number of nitrogens with zero attached hydrogens (tertiary/aromatic N) is 2. The second kappa shape index (κ2) is 9.17. The van der Waals surface area contributed by atoms with Gasteiger partial charge in [-0.15, -0.1) is 12.4 Å². The van der Waals surface area contributed by atoms with Gasteiger partial charge in [-0.25, -0.2) is 0 Å². The highest BCUT2D eigenvalue weighted by Crippen LogP contribution is 2.12. The third-order valence-corrected chi connectivity index (χ3v) is 4.58. The molecule has 2 heterocycles. The zero-order chi connectivity index (χ0) is 16.9. The Hall–Kier alpha value is -1.63. The first kappa shape index (κ1) is 19.7. The number of aryl methyl sites for hydroxylation is 1. The SMILES string of the molecule is Cc1cccc(C(=O)N2CCCN(C(=O)C3COCCN3)CC2)c1.Cl. The molecule has 2 aliphatic heterocycles. The van der Waals surface area contributed by atoms with Gasteiger partial charge >= 0.3 is 0 Å². The van der Waals surface area contributed by atoms with Gasteiger partial charge in [-0.3, -0.25) is 9.59 Å². The fraction of sp³-hybridized carbons (Fsp3) is 0.556. The molecule has 2 saturated heterocycles. The first-order valence-electron chi connectivity index (χ1n) is 8.61. The lowest BCUT2D eigenvalue weighted by Gasteiger charge is -2.29. The van der Waals surface area contributed by atoms with Gasteiger partial charge in [0.1, 0.15) is 6.04 Å². The Kier molecular flexibility index (Phi) is 7.23. The van der Waals surface area contributed by atoms with E-state index in [0.29, 0.717) is 45.9 Å². The number of carbonyl (C=O) groups excluding carboxylic acids is 2. The summed E-state index contributed by atoms with van der Waals surface area (Å²) >= 11 is 0. The minimum atomic E-state index is -0.252. The standard InChI is InChI=1S/C18H25N3O3.ClH/c1-14-4-2-5-15(12-14)17(22)20-7-3-8-21(10-9-20)18(23)16-13-24-11-6-19-16;/h2,4-5,12,16,19H,3,6-11,13H2,1H3;1H. The first-order valence-corrected chi connectivity index (χ1v) is 8.61. The largest absolute Gasteiger partial charge is 0.378 e. The van der Waals surface area contributed by atoms with Crippen LogP contribution in [-0.2, 0) is 9.53 Å². The van der Waals surface area contributed by atoms with E-state index in [0.717, 1.165) is 17.5 Å². The summed E-state index contributed by atoms with van der Waals surface area (Å²) in [5, 5.41) is 3.21. The van der Waals surface area contributed by atoms with Gasteiger partial charge in [0.15, 0.2) is 0 Å². The fourth-order valence-corrected chi connectivity index (χ4v) is 3.25. The summed E-state index contributed by atoms with van der Waals surface area (Å²) in [6.07, 6.45) is 0.802. The normalized spacial score (nSPS) is 21.2. The van der Waals surface area contributed by atoms with E-state index in [2.05, 4.69) is 5.32 Å². The highest BCUT2D eigenvalue weighted by Gasteiger charge is 2.28. The smallest absolute Gasteiger partial charge is 0.253 e. The van der Waals surface area contributed by atoms with Gasteiger partial charge < -0.3 is 19.9 Å². The number of carbonyl (C=O) groups is 2. The minimum Gasteiger partial charge on any atom is -0.378 e. The second-order valence-corrected chi connectivity index (χ2v) is 6.42. The quantitative estimate of drug-likeness (QED) is 0.849. The second-order valence-electron chi connectivity index (χ2n) is 6.42. The van der Waals surface area contributed by atoms with Crippen molar-refractivity contribution in [2.45, 2.75) is 19.4 Å². The Morgan fingerprint density at radius 1 is 1.16 bits per heavy atom. The molecule has 6 nitrogen and oxygen atoms in total. The highest BCUT2D eigenvalue weighted by molar-refractivity contribution is 5.94. The summed E-state index contributed by atoms with van der Waals surface area (Å²) in [4.78, 5) is 29.0. The molecule has 3 rings (SSSR count). The van der Waals surface area contributed by atoms with Gasteiger partial charge in [-0.2, -0.15) is 0 Å². The van der Waals surface area contributed by atoms with Crippen molar-refractivity contribution < 1.29 is 14.3 Å². The molecule has 2 aliphatic rings. The minimum absolute atomic E-state index is 0. The summed E-state index contributed by atoms with van der Waals surface area (Å²) in [6, 6.07) is 7.41. The molecular weight excluding hydrogens is 342 g/mol. The lowest BCUT2D eigenvalue weighted by molar-refractivity contribution is -0.136. The third-order valence-electron chi connectivity index (χ3n) is 4.58. The Balaban J connectivity index is 0.00000225. The number of rotatable bonds is 2. The van der Waals surface area contributed by atoms with E-state index in [4.69, 9.17) is 4.74 Å².